The van der Waals surface area contributed by atoms with Crippen molar-refractivity contribution in [1.29, 1.82) is 0 Å². The zero-order chi connectivity index (χ0) is 14.8. The van der Waals surface area contributed by atoms with Gasteiger partial charge >= 0.3 is 0 Å². The van der Waals surface area contributed by atoms with Crippen LogP contribution in [0.3, 0.4) is 0 Å². The van der Waals surface area contributed by atoms with Crippen molar-refractivity contribution < 1.29 is 0 Å². The number of benzene rings is 1. The Hall–Kier alpha value is -1.85. The van der Waals surface area contributed by atoms with Gasteiger partial charge in [0.05, 0.1) is 17.9 Å². The second kappa shape index (κ2) is 5.87. The Bertz CT molecular complexity index is 619. The normalized spacial score (nSPS) is 19.7. The molecule has 6 heteroatoms. The summed E-state index contributed by atoms with van der Waals surface area (Å²) in [6.45, 7) is 2.74. The fourth-order valence-electron chi connectivity index (χ4n) is 2.72. The van der Waals surface area contributed by atoms with Gasteiger partial charge in [-0.1, -0.05) is 30.3 Å². The SMILES string of the molecule is CN1CCN(c2nc(Cl)ncc2N)C(c2ccccc2)C1. The lowest BCUT2D eigenvalue weighted by atomic mass is 10.0. The molecule has 2 aromatic rings. The molecule has 0 spiro atoms. The molecule has 1 saturated heterocycles. The number of aromatic nitrogens is 2. The molecule has 0 saturated carbocycles. The average Bonchev–Trinajstić information content (AvgIpc) is 2.51. The van der Waals surface area contributed by atoms with Gasteiger partial charge in [0.25, 0.3) is 0 Å². The maximum Gasteiger partial charge on any atom is 0.224 e. The van der Waals surface area contributed by atoms with Gasteiger partial charge in [-0.15, -0.1) is 0 Å². The molecule has 1 aromatic heterocycles. The van der Waals surface area contributed by atoms with Gasteiger partial charge in [-0.3, -0.25) is 0 Å². The van der Waals surface area contributed by atoms with Crippen LogP contribution in [-0.4, -0.2) is 41.5 Å². The van der Waals surface area contributed by atoms with Gasteiger partial charge in [-0.25, -0.2) is 4.98 Å². The number of nitrogens with two attached hydrogens (primary N) is 1. The van der Waals surface area contributed by atoms with Crippen LogP contribution in [0.2, 0.25) is 5.28 Å². The van der Waals surface area contributed by atoms with E-state index in [1.54, 1.807) is 6.20 Å². The predicted octanol–water partition coefficient (Wildman–Crippen LogP) is 2.21. The topological polar surface area (TPSA) is 58.3 Å². The minimum absolute atomic E-state index is 0.207. The van der Waals surface area contributed by atoms with Crippen molar-refractivity contribution in [2.24, 2.45) is 0 Å². The summed E-state index contributed by atoms with van der Waals surface area (Å²) in [5, 5.41) is 0.227. The van der Waals surface area contributed by atoms with E-state index in [2.05, 4.69) is 51.1 Å². The van der Waals surface area contributed by atoms with Crippen molar-refractivity contribution in [1.82, 2.24) is 14.9 Å². The van der Waals surface area contributed by atoms with Gasteiger partial charge in [0.1, 0.15) is 0 Å². The first-order valence-electron chi connectivity index (χ1n) is 6.93. The molecule has 1 aliphatic rings. The summed E-state index contributed by atoms with van der Waals surface area (Å²) in [5.74, 6) is 0.719. The van der Waals surface area contributed by atoms with Crippen LogP contribution in [0, 0.1) is 0 Å². The zero-order valence-electron chi connectivity index (χ0n) is 11.9. The number of hydrogen-bond donors (Lipinski definition) is 1. The third-order valence-electron chi connectivity index (χ3n) is 3.81. The van der Waals surface area contributed by atoms with Gasteiger partial charge in [0, 0.05) is 19.6 Å². The smallest absolute Gasteiger partial charge is 0.224 e. The molecule has 0 aliphatic carbocycles. The highest BCUT2D eigenvalue weighted by atomic mass is 35.5. The Balaban J connectivity index is 2.00. The van der Waals surface area contributed by atoms with Crippen molar-refractivity contribution in [2.75, 3.05) is 37.3 Å². The Morgan fingerprint density at radius 1 is 1.24 bits per heavy atom. The van der Waals surface area contributed by atoms with E-state index in [9.17, 15) is 0 Å². The zero-order valence-corrected chi connectivity index (χ0v) is 12.7. The van der Waals surface area contributed by atoms with E-state index >= 15 is 0 Å². The van der Waals surface area contributed by atoms with Crippen LogP contribution in [0.1, 0.15) is 11.6 Å². The number of rotatable bonds is 2. The van der Waals surface area contributed by atoms with E-state index in [-0.39, 0.29) is 11.3 Å². The predicted molar refractivity (Wildman–Crippen MR) is 85.5 cm³/mol. The average molecular weight is 304 g/mol. The van der Waals surface area contributed by atoms with E-state index in [4.69, 9.17) is 17.3 Å². The van der Waals surface area contributed by atoms with E-state index in [0.29, 0.717) is 5.69 Å². The monoisotopic (exact) mass is 303 g/mol. The number of nitrogens with zero attached hydrogens (tertiary/aromatic N) is 4. The fourth-order valence-corrected chi connectivity index (χ4v) is 2.85. The van der Waals surface area contributed by atoms with Gasteiger partial charge in [-0.2, -0.15) is 4.98 Å². The van der Waals surface area contributed by atoms with Crippen molar-refractivity contribution >= 4 is 23.1 Å². The highest BCUT2D eigenvalue weighted by molar-refractivity contribution is 6.28. The quantitative estimate of drug-likeness (QED) is 0.862. The number of nitrogen functional groups attached to an aromatic ring is 1. The summed E-state index contributed by atoms with van der Waals surface area (Å²) in [6, 6.07) is 10.6. The Kier molecular flexibility index (Phi) is 3.94. The highest BCUT2D eigenvalue weighted by Crippen LogP contribution is 2.32. The number of halogens is 1. The Morgan fingerprint density at radius 2 is 2.00 bits per heavy atom. The molecule has 1 unspecified atom stereocenters. The molecule has 1 aliphatic heterocycles. The van der Waals surface area contributed by atoms with Crippen LogP contribution in [0.4, 0.5) is 11.5 Å². The first-order valence-corrected chi connectivity index (χ1v) is 7.31. The molecule has 21 heavy (non-hydrogen) atoms. The van der Waals surface area contributed by atoms with Crippen LogP contribution in [0.5, 0.6) is 0 Å². The molecule has 2 N–H and O–H groups in total. The molecule has 0 amide bonds. The lowest BCUT2D eigenvalue weighted by Gasteiger charge is -2.41. The van der Waals surface area contributed by atoms with E-state index in [0.717, 1.165) is 25.5 Å². The van der Waals surface area contributed by atoms with Gasteiger partial charge in [0.2, 0.25) is 5.28 Å². The van der Waals surface area contributed by atoms with Crippen molar-refractivity contribution in [3.8, 4) is 0 Å². The summed E-state index contributed by atoms with van der Waals surface area (Å²) < 4.78 is 0. The molecule has 1 atom stereocenters. The molecular formula is C15H18ClN5. The third kappa shape index (κ3) is 2.94. The number of hydrogen-bond acceptors (Lipinski definition) is 5. The first kappa shape index (κ1) is 14.1. The van der Waals surface area contributed by atoms with Crippen molar-refractivity contribution in [2.45, 2.75) is 6.04 Å². The number of piperazine rings is 1. The van der Waals surface area contributed by atoms with Gasteiger partial charge in [-0.05, 0) is 24.2 Å². The van der Waals surface area contributed by atoms with E-state index < -0.39 is 0 Å². The van der Waals surface area contributed by atoms with Gasteiger partial charge in [0.15, 0.2) is 5.82 Å². The number of anilines is 2. The van der Waals surface area contributed by atoms with E-state index in [1.807, 2.05) is 6.07 Å². The highest BCUT2D eigenvalue weighted by Gasteiger charge is 2.29. The maximum absolute atomic E-state index is 6.06. The lowest BCUT2D eigenvalue weighted by molar-refractivity contribution is 0.268. The van der Waals surface area contributed by atoms with Crippen LogP contribution < -0.4 is 10.6 Å². The Labute approximate surface area is 129 Å². The largest absolute Gasteiger partial charge is 0.394 e. The summed E-state index contributed by atoms with van der Waals surface area (Å²) >= 11 is 5.94. The standard InChI is InChI=1S/C15H18ClN5/c1-20-7-8-21(14-12(17)9-18-15(16)19-14)13(10-20)11-5-3-2-4-6-11/h2-6,9,13H,7-8,10,17H2,1H3. The molecule has 1 fully saturated rings. The summed E-state index contributed by atoms with van der Waals surface area (Å²) in [7, 11) is 2.13. The van der Waals surface area contributed by atoms with Gasteiger partial charge < -0.3 is 15.5 Å². The second-order valence-electron chi connectivity index (χ2n) is 5.30. The summed E-state index contributed by atoms with van der Waals surface area (Å²) in [6.07, 6.45) is 1.57. The number of likely N-dealkylation sites (N-methyl/N-ethyl adjacent to an activating group) is 1. The van der Waals surface area contributed by atoms with Crippen LogP contribution in [0.25, 0.3) is 0 Å². The van der Waals surface area contributed by atoms with Crippen LogP contribution in [0.15, 0.2) is 36.5 Å². The molecule has 0 radical (unpaired) electrons. The Morgan fingerprint density at radius 3 is 2.76 bits per heavy atom. The van der Waals surface area contributed by atoms with Crippen molar-refractivity contribution in [3.05, 3.63) is 47.4 Å². The molecule has 1 aromatic carbocycles. The maximum atomic E-state index is 6.06. The molecule has 110 valence electrons. The fraction of sp³-hybridized carbons (Fsp3) is 0.333. The molecule has 5 nitrogen and oxygen atoms in total. The first-order chi connectivity index (χ1) is 10.1. The van der Waals surface area contributed by atoms with Crippen LogP contribution >= 0.6 is 11.6 Å². The van der Waals surface area contributed by atoms with E-state index in [1.165, 1.54) is 5.56 Å². The minimum atomic E-state index is 0.207. The summed E-state index contributed by atoms with van der Waals surface area (Å²) in [4.78, 5) is 12.8. The second-order valence-corrected chi connectivity index (χ2v) is 5.64. The molecule has 2 heterocycles. The van der Waals surface area contributed by atoms with Crippen LogP contribution in [-0.2, 0) is 0 Å². The molecule has 0 bridgehead atoms. The third-order valence-corrected chi connectivity index (χ3v) is 3.99. The van der Waals surface area contributed by atoms with Crippen molar-refractivity contribution in [3.63, 3.8) is 0 Å². The summed E-state index contributed by atoms with van der Waals surface area (Å²) in [5.41, 5.74) is 7.86. The molecular weight excluding hydrogens is 286 g/mol. The molecule has 3 rings (SSSR count). The minimum Gasteiger partial charge on any atom is -0.394 e. The lowest BCUT2D eigenvalue weighted by Crippen LogP contribution is -2.47.